The second-order valence-electron chi connectivity index (χ2n) is 6.58. The maximum absolute atomic E-state index is 6.22. The van der Waals surface area contributed by atoms with Gasteiger partial charge in [-0.2, -0.15) is 5.10 Å². The molecule has 0 radical (unpaired) electrons. The summed E-state index contributed by atoms with van der Waals surface area (Å²) in [5.74, 6) is 0.739. The summed E-state index contributed by atoms with van der Waals surface area (Å²) in [5, 5.41) is 5.80. The van der Waals surface area contributed by atoms with E-state index in [0.29, 0.717) is 11.6 Å². The number of nitrogens with zero attached hydrogens (tertiary/aromatic N) is 2. The zero-order valence-corrected chi connectivity index (χ0v) is 18.0. The summed E-state index contributed by atoms with van der Waals surface area (Å²) in [5.41, 5.74) is 6.92. The number of halogens is 1. The van der Waals surface area contributed by atoms with Crippen LogP contribution < -0.4 is 10.2 Å². The van der Waals surface area contributed by atoms with E-state index in [9.17, 15) is 0 Å². The van der Waals surface area contributed by atoms with Gasteiger partial charge in [0.2, 0.25) is 5.13 Å². The van der Waals surface area contributed by atoms with Crippen LogP contribution in [0.4, 0.5) is 5.13 Å². The number of aromatic nitrogens is 1. The fourth-order valence-electron chi connectivity index (χ4n) is 2.95. The van der Waals surface area contributed by atoms with Crippen molar-refractivity contribution in [3.8, 4) is 17.0 Å². The molecule has 0 atom stereocenters. The van der Waals surface area contributed by atoms with Crippen LogP contribution in [0.1, 0.15) is 16.0 Å². The summed E-state index contributed by atoms with van der Waals surface area (Å²) >= 11 is 7.79. The first-order chi connectivity index (χ1) is 14.7. The third-order valence-electron chi connectivity index (χ3n) is 4.47. The van der Waals surface area contributed by atoms with Crippen molar-refractivity contribution < 1.29 is 4.74 Å². The maximum Gasteiger partial charge on any atom is 0.204 e. The highest BCUT2D eigenvalue weighted by Gasteiger charge is 2.09. The number of nitrogens with one attached hydrogen (secondary N) is 1. The summed E-state index contributed by atoms with van der Waals surface area (Å²) in [7, 11) is 0. The van der Waals surface area contributed by atoms with Crippen LogP contribution in [0.25, 0.3) is 11.3 Å². The minimum absolute atomic E-state index is 0.393. The lowest BCUT2D eigenvalue weighted by molar-refractivity contribution is 0.306. The molecule has 0 aliphatic heterocycles. The molecule has 6 heteroatoms. The largest absolute Gasteiger partial charge is 0.488 e. The van der Waals surface area contributed by atoms with Gasteiger partial charge in [0.1, 0.15) is 12.4 Å². The van der Waals surface area contributed by atoms with Crippen LogP contribution in [-0.4, -0.2) is 11.2 Å². The van der Waals surface area contributed by atoms with E-state index in [1.165, 1.54) is 0 Å². The molecule has 4 nitrogen and oxygen atoms in total. The minimum atomic E-state index is 0.393. The van der Waals surface area contributed by atoms with E-state index in [-0.39, 0.29) is 0 Å². The Kier molecular flexibility index (Phi) is 6.42. The highest BCUT2D eigenvalue weighted by Crippen LogP contribution is 2.30. The number of hydrazone groups is 1. The van der Waals surface area contributed by atoms with E-state index in [4.69, 9.17) is 16.3 Å². The highest BCUT2D eigenvalue weighted by molar-refractivity contribution is 7.15. The summed E-state index contributed by atoms with van der Waals surface area (Å²) in [6.07, 6.45) is 1.74. The Hall–Kier alpha value is -3.15. The van der Waals surface area contributed by atoms with Crippen LogP contribution in [-0.2, 0) is 6.61 Å². The van der Waals surface area contributed by atoms with E-state index >= 15 is 0 Å². The summed E-state index contributed by atoms with van der Waals surface area (Å²) in [6, 6.07) is 25.6. The van der Waals surface area contributed by atoms with Crippen molar-refractivity contribution in [3.63, 3.8) is 0 Å². The van der Waals surface area contributed by atoms with Gasteiger partial charge in [-0.25, -0.2) is 4.98 Å². The van der Waals surface area contributed by atoms with Crippen LogP contribution in [0.5, 0.6) is 5.75 Å². The molecule has 0 aliphatic rings. The van der Waals surface area contributed by atoms with Crippen molar-refractivity contribution >= 4 is 34.3 Å². The number of para-hydroxylation sites is 1. The Bertz CT molecular complexity index is 1160. The van der Waals surface area contributed by atoms with Gasteiger partial charge in [-0.1, -0.05) is 72.3 Å². The zero-order chi connectivity index (χ0) is 20.8. The van der Waals surface area contributed by atoms with Gasteiger partial charge in [0.15, 0.2) is 0 Å². The molecule has 0 unspecified atom stereocenters. The molecule has 4 aromatic rings. The van der Waals surface area contributed by atoms with Gasteiger partial charge in [-0.15, -0.1) is 11.3 Å². The van der Waals surface area contributed by atoms with Crippen molar-refractivity contribution in [3.05, 3.63) is 99.9 Å². The Morgan fingerprint density at radius 1 is 1.00 bits per heavy atom. The molecule has 30 heavy (non-hydrogen) atoms. The van der Waals surface area contributed by atoms with Crippen LogP contribution in [0.3, 0.4) is 0 Å². The zero-order valence-electron chi connectivity index (χ0n) is 16.4. The summed E-state index contributed by atoms with van der Waals surface area (Å²) in [4.78, 5) is 5.81. The molecule has 0 aliphatic carbocycles. The predicted molar refractivity (Wildman–Crippen MR) is 126 cm³/mol. The number of ether oxygens (including phenoxy) is 1. The minimum Gasteiger partial charge on any atom is -0.488 e. The first kappa shape index (κ1) is 20.1. The molecule has 1 aromatic heterocycles. The predicted octanol–water partition coefficient (Wildman–Crippen LogP) is 6.80. The number of hydrogen-bond acceptors (Lipinski definition) is 5. The number of benzene rings is 3. The molecule has 150 valence electrons. The molecule has 0 fully saturated rings. The second kappa shape index (κ2) is 9.57. The van der Waals surface area contributed by atoms with E-state index in [1.807, 2.05) is 66.7 Å². The van der Waals surface area contributed by atoms with Gasteiger partial charge < -0.3 is 4.74 Å². The first-order valence-corrected chi connectivity index (χ1v) is 10.7. The number of thiazole rings is 1. The average Bonchev–Trinajstić information content (AvgIpc) is 3.15. The quantitative estimate of drug-likeness (QED) is 0.257. The smallest absolute Gasteiger partial charge is 0.204 e. The molecular formula is C24H20ClN3OS. The number of anilines is 1. The molecule has 0 saturated carbocycles. The number of rotatable bonds is 7. The molecule has 0 spiro atoms. The van der Waals surface area contributed by atoms with Crippen LogP contribution >= 0.6 is 22.9 Å². The lowest BCUT2D eigenvalue weighted by atomic mass is 10.1. The molecule has 1 heterocycles. The summed E-state index contributed by atoms with van der Waals surface area (Å²) < 4.78 is 5.97. The first-order valence-electron chi connectivity index (χ1n) is 9.48. The third-order valence-corrected chi connectivity index (χ3v) is 5.71. The van der Waals surface area contributed by atoms with Gasteiger partial charge in [0.25, 0.3) is 0 Å². The fourth-order valence-corrected chi connectivity index (χ4v) is 3.93. The molecule has 0 bridgehead atoms. The maximum atomic E-state index is 6.22. The monoisotopic (exact) mass is 433 g/mol. The SMILES string of the molecule is Cc1sc(N/N=C/c2ccccc2OCc2ccccc2Cl)nc1-c1ccccc1. The lowest BCUT2D eigenvalue weighted by Crippen LogP contribution is -1.99. The molecule has 0 saturated heterocycles. The Morgan fingerprint density at radius 2 is 1.73 bits per heavy atom. The molecule has 1 N–H and O–H groups in total. The standard InChI is InChI=1S/C24H20ClN3OS/c1-17-23(18-9-3-2-4-10-18)27-24(30-17)28-26-15-19-11-6-8-14-22(19)29-16-20-12-5-7-13-21(20)25/h2-15H,16H2,1H3,(H,27,28)/b26-15+. The second-order valence-corrected chi connectivity index (χ2v) is 8.19. The molecule has 4 rings (SSSR count). The van der Waals surface area contributed by atoms with Crippen molar-refractivity contribution in [2.24, 2.45) is 5.10 Å². The Labute approximate surface area is 184 Å². The number of hydrogen-bond donors (Lipinski definition) is 1. The molecule has 0 amide bonds. The van der Waals surface area contributed by atoms with E-state index in [2.05, 4.69) is 34.6 Å². The molecule has 3 aromatic carbocycles. The topological polar surface area (TPSA) is 46.5 Å². The van der Waals surface area contributed by atoms with Gasteiger partial charge in [-0.05, 0) is 25.1 Å². The van der Waals surface area contributed by atoms with Crippen molar-refractivity contribution in [2.45, 2.75) is 13.5 Å². The average molecular weight is 434 g/mol. The van der Waals surface area contributed by atoms with Crippen LogP contribution in [0, 0.1) is 6.92 Å². The summed E-state index contributed by atoms with van der Waals surface area (Å²) in [6.45, 7) is 2.46. The van der Waals surface area contributed by atoms with E-state index < -0.39 is 0 Å². The van der Waals surface area contributed by atoms with Gasteiger partial charge in [-0.3, -0.25) is 5.43 Å². The molecular weight excluding hydrogens is 414 g/mol. The normalized spacial score (nSPS) is 11.0. The lowest BCUT2D eigenvalue weighted by Gasteiger charge is -2.10. The van der Waals surface area contributed by atoms with Crippen LogP contribution in [0.2, 0.25) is 5.02 Å². The highest BCUT2D eigenvalue weighted by atomic mass is 35.5. The third kappa shape index (κ3) is 4.87. The van der Waals surface area contributed by atoms with Crippen molar-refractivity contribution in [1.82, 2.24) is 4.98 Å². The van der Waals surface area contributed by atoms with Gasteiger partial charge in [0.05, 0.1) is 11.9 Å². The Morgan fingerprint density at radius 3 is 2.57 bits per heavy atom. The van der Waals surface area contributed by atoms with Gasteiger partial charge in [0, 0.05) is 26.6 Å². The Balaban J connectivity index is 1.44. The number of aryl methyl sites for hydroxylation is 1. The van der Waals surface area contributed by atoms with Crippen molar-refractivity contribution in [2.75, 3.05) is 5.43 Å². The van der Waals surface area contributed by atoms with Crippen molar-refractivity contribution in [1.29, 1.82) is 0 Å². The fraction of sp³-hybridized carbons (Fsp3) is 0.0833. The van der Waals surface area contributed by atoms with Gasteiger partial charge >= 0.3 is 0 Å². The van der Waals surface area contributed by atoms with E-state index in [1.54, 1.807) is 17.6 Å². The van der Waals surface area contributed by atoms with Crippen LogP contribution in [0.15, 0.2) is 84.0 Å². The van der Waals surface area contributed by atoms with E-state index in [0.717, 1.165) is 38.1 Å².